The molecule has 5 rings (SSSR count). The zero-order chi connectivity index (χ0) is 30.3. The van der Waals surface area contributed by atoms with Crippen LogP contribution in [0.25, 0.3) is 44.7 Å². The van der Waals surface area contributed by atoms with E-state index in [1.807, 2.05) is 0 Å². The molecular weight excluding hydrogens is 563 g/mol. The molecule has 204 valence electrons. The first-order valence-electron chi connectivity index (χ1n) is 11.5. The van der Waals surface area contributed by atoms with Gasteiger partial charge in [-0.2, -0.15) is 47.4 Å². The Kier molecular flexibility index (Phi) is 5.88. The average molecular weight is 572 g/mol. The SMILES string of the molecule is CC1C(F)C(F)=c2c(C#N)c3c4c(cc(C#N)c(C(F)(F)F)c4c2=C(F)C1C#N)-c1cc(C#N)c(C(F)(F)F)cc1-3. The predicted octanol–water partition coefficient (Wildman–Crippen LogP) is 6.42. The van der Waals surface area contributed by atoms with Gasteiger partial charge in [-0.05, 0) is 34.9 Å². The van der Waals surface area contributed by atoms with E-state index in [1.54, 1.807) is 0 Å². The molecule has 0 saturated heterocycles. The molecule has 0 aliphatic heterocycles. The maximum atomic E-state index is 16.1. The van der Waals surface area contributed by atoms with Gasteiger partial charge in [0.15, 0.2) is 6.17 Å². The standard InChI is InChI=1S/C28H9F9N4/c1-9-15(7-40)25(30)22-20(26(31)24(9)29)16(8-41)18-14-4-17(27(32,33)34)10(5-38)2-12(14)13-3-11(6-39)23(28(35,36)37)21(22)19(13)18/h2-4,9,15,24H,1H3. The molecule has 0 aromatic heterocycles. The van der Waals surface area contributed by atoms with E-state index in [4.69, 9.17) is 0 Å². The van der Waals surface area contributed by atoms with Crippen LogP contribution < -0.4 is 10.4 Å². The van der Waals surface area contributed by atoms with Gasteiger partial charge in [0.1, 0.15) is 23.6 Å². The quantitative estimate of drug-likeness (QED) is 0.227. The van der Waals surface area contributed by atoms with E-state index in [0.29, 0.717) is 18.2 Å². The number of fused-ring (bicyclic) bond motifs is 5. The molecule has 3 atom stereocenters. The van der Waals surface area contributed by atoms with Gasteiger partial charge in [0, 0.05) is 32.7 Å². The molecule has 0 bridgehead atoms. The van der Waals surface area contributed by atoms with E-state index in [2.05, 4.69) is 0 Å². The van der Waals surface area contributed by atoms with Crippen LogP contribution in [0.4, 0.5) is 39.5 Å². The summed E-state index contributed by atoms with van der Waals surface area (Å²) in [5, 5.41) is 34.2. The summed E-state index contributed by atoms with van der Waals surface area (Å²) in [5.74, 6) is -7.51. The number of halogens is 9. The van der Waals surface area contributed by atoms with Crippen LogP contribution in [-0.2, 0) is 12.4 Å². The van der Waals surface area contributed by atoms with Crippen LogP contribution in [0.1, 0.15) is 34.7 Å². The van der Waals surface area contributed by atoms with Crippen molar-refractivity contribution in [2.24, 2.45) is 11.8 Å². The Morgan fingerprint density at radius 3 is 1.83 bits per heavy atom. The molecule has 3 aromatic carbocycles. The van der Waals surface area contributed by atoms with Crippen LogP contribution in [0, 0.1) is 57.2 Å². The van der Waals surface area contributed by atoms with E-state index >= 15 is 13.2 Å². The maximum absolute atomic E-state index is 16.1. The third kappa shape index (κ3) is 3.59. The zero-order valence-corrected chi connectivity index (χ0v) is 20.2. The molecule has 2 aliphatic carbocycles. The Bertz CT molecular complexity index is 2030. The number of nitrogens with zero attached hydrogens (tertiary/aromatic N) is 4. The molecule has 0 radical (unpaired) electrons. The summed E-state index contributed by atoms with van der Waals surface area (Å²) in [7, 11) is 0. The maximum Gasteiger partial charge on any atom is 0.418 e. The lowest BCUT2D eigenvalue weighted by molar-refractivity contribution is -0.138. The van der Waals surface area contributed by atoms with Crippen LogP contribution in [0.5, 0.6) is 0 Å². The van der Waals surface area contributed by atoms with E-state index in [-0.39, 0.29) is 11.1 Å². The molecule has 13 heteroatoms. The van der Waals surface area contributed by atoms with E-state index in [0.717, 1.165) is 6.92 Å². The summed E-state index contributed by atoms with van der Waals surface area (Å²) in [6, 6.07) is 7.27. The first-order chi connectivity index (χ1) is 19.1. The third-order valence-electron chi connectivity index (χ3n) is 7.36. The third-order valence-corrected chi connectivity index (χ3v) is 7.36. The number of hydrogen-bond acceptors (Lipinski definition) is 4. The van der Waals surface area contributed by atoms with Gasteiger partial charge in [0.05, 0.1) is 46.0 Å². The van der Waals surface area contributed by atoms with Crippen molar-refractivity contribution in [1.82, 2.24) is 0 Å². The van der Waals surface area contributed by atoms with Gasteiger partial charge in [0.25, 0.3) is 0 Å². The van der Waals surface area contributed by atoms with Crippen molar-refractivity contribution in [1.29, 1.82) is 21.0 Å². The van der Waals surface area contributed by atoms with Crippen molar-refractivity contribution < 1.29 is 39.5 Å². The number of hydrogen-bond donors (Lipinski definition) is 0. The second kappa shape index (κ2) is 8.74. The molecule has 0 saturated carbocycles. The molecule has 0 heterocycles. The summed E-state index contributed by atoms with van der Waals surface area (Å²) in [6.45, 7) is 0.926. The molecule has 0 spiro atoms. The molecule has 0 fully saturated rings. The van der Waals surface area contributed by atoms with Crippen LogP contribution in [0.3, 0.4) is 0 Å². The van der Waals surface area contributed by atoms with Gasteiger partial charge < -0.3 is 0 Å². The highest BCUT2D eigenvalue weighted by Gasteiger charge is 2.44. The number of rotatable bonds is 0. The summed E-state index contributed by atoms with van der Waals surface area (Å²) >= 11 is 0. The Morgan fingerprint density at radius 1 is 0.707 bits per heavy atom. The topological polar surface area (TPSA) is 95.2 Å². The predicted molar refractivity (Wildman–Crippen MR) is 124 cm³/mol. The minimum Gasteiger partial charge on any atom is -0.239 e. The number of benzene rings is 3. The van der Waals surface area contributed by atoms with Crippen LogP contribution in [0.2, 0.25) is 0 Å². The number of alkyl halides is 7. The first kappa shape index (κ1) is 27.6. The Balaban J connectivity index is 2.26. The minimum absolute atomic E-state index is 0.320. The van der Waals surface area contributed by atoms with Gasteiger partial charge in [0.2, 0.25) is 0 Å². The molecular formula is C28H9F9N4. The van der Waals surface area contributed by atoms with Crippen molar-refractivity contribution >= 4 is 22.4 Å². The molecule has 3 unspecified atom stereocenters. The van der Waals surface area contributed by atoms with Gasteiger partial charge >= 0.3 is 12.4 Å². The highest BCUT2D eigenvalue weighted by Crippen LogP contribution is 2.53. The highest BCUT2D eigenvalue weighted by molar-refractivity contribution is 6.19. The van der Waals surface area contributed by atoms with Crippen LogP contribution in [-0.4, -0.2) is 6.17 Å². The van der Waals surface area contributed by atoms with Crippen molar-refractivity contribution in [3.63, 3.8) is 0 Å². The Labute approximate surface area is 223 Å². The lowest BCUT2D eigenvalue weighted by atomic mass is 9.87. The first-order valence-corrected chi connectivity index (χ1v) is 11.5. The molecule has 41 heavy (non-hydrogen) atoms. The van der Waals surface area contributed by atoms with Crippen molar-refractivity contribution in [2.45, 2.75) is 25.4 Å². The monoisotopic (exact) mass is 572 g/mol. The van der Waals surface area contributed by atoms with Gasteiger partial charge in [-0.15, -0.1) is 0 Å². The highest BCUT2D eigenvalue weighted by atomic mass is 19.4. The second-order valence-electron chi connectivity index (χ2n) is 9.43. The summed E-state index contributed by atoms with van der Waals surface area (Å²) in [4.78, 5) is 0. The van der Waals surface area contributed by atoms with Crippen molar-refractivity contribution in [3.05, 3.63) is 56.5 Å². The second-order valence-corrected chi connectivity index (χ2v) is 9.43. The van der Waals surface area contributed by atoms with E-state index in [1.165, 1.54) is 24.3 Å². The fraction of sp³-hybridized carbons (Fsp3) is 0.214. The molecule has 4 nitrogen and oxygen atoms in total. The fourth-order valence-corrected chi connectivity index (χ4v) is 5.60. The van der Waals surface area contributed by atoms with E-state index < -0.39 is 102 Å². The van der Waals surface area contributed by atoms with Crippen molar-refractivity contribution in [2.75, 3.05) is 0 Å². The minimum atomic E-state index is -5.45. The smallest absolute Gasteiger partial charge is 0.239 e. The lowest BCUT2D eigenvalue weighted by Gasteiger charge is -2.17. The molecule has 0 N–H and O–H groups in total. The molecule has 2 aliphatic rings. The molecule has 3 aromatic rings. The zero-order valence-electron chi connectivity index (χ0n) is 20.2. The largest absolute Gasteiger partial charge is 0.418 e. The Morgan fingerprint density at radius 2 is 1.32 bits per heavy atom. The van der Waals surface area contributed by atoms with Gasteiger partial charge in [-0.25, -0.2) is 13.2 Å². The van der Waals surface area contributed by atoms with E-state index in [9.17, 15) is 47.4 Å². The molecule has 0 amide bonds. The summed E-state index contributed by atoms with van der Waals surface area (Å²) in [6.07, 6.45) is -13.4. The average Bonchev–Trinajstić information content (AvgIpc) is 3.20. The van der Waals surface area contributed by atoms with Gasteiger partial charge in [-0.3, -0.25) is 0 Å². The fourth-order valence-electron chi connectivity index (χ4n) is 5.60. The van der Waals surface area contributed by atoms with Crippen molar-refractivity contribution in [3.8, 4) is 46.5 Å². The lowest BCUT2D eigenvalue weighted by Crippen LogP contribution is -2.35. The van der Waals surface area contributed by atoms with Crippen LogP contribution >= 0.6 is 0 Å². The van der Waals surface area contributed by atoms with Gasteiger partial charge in [-0.1, -0.05) is 6.92 Å². The van der Waals surface area contributed by atoms with Crippen LogP contribution in [0.15, 0.2) is 18.2 Å². The summed E-state index contributed by atoms with van der Waals surface area (Å²) < 4.78 is 132. The normalized spacial score (nSPS) is 19.5. The Hall–Kier alpha value is -5.01. The summed E-state index contributed by atoms with van der Waals surface area (Å²) in [5.41, 5.74) is -8.33. The number of nitriles is 4.